The smallest absolute Gasteiger partial charge is 1.00 e. The first-order valence-corrected chi connectivity index (χ1v) is 7.18. The fourth-order valence-corrected chi connectivity index (χ4v) is 1.17. The molecular weight excluding hydrogens is 427 g/mol. The van der Waals surface area contributed by atoms with Crippen molar-refractivity contribution in [2.24, 2.45) is 0 Å². The summed E-state index contributed by atoms with van der Waals surface area (Å²) in [6, 6.07) is 0. The Hall–Kier alpha value is -0.0501. The summed E-state index contributed by atoms with van der Waals surface area (Å²) in [6.07, 6.45) is 0. The van der Waals surface area contributed by atoms with Gasteiger partial charge in [0.1, 0.15) is 0 Å². The number of hydrogen-bond acceptors (Lipinski definition) is 12. The van der Waals surface area contributed by atoms with E-state index >= 15 is 0 Å². The number of hydrogen-bond donors (Lipinski definition) is 0. The van der Waals surface area contributed by atoms with Crippen LogP contribution in [0, 0.1) is 0 Å². The second-order valence-corrected chi connectivity index (χ2v) is 4.52. The maximum absolute atomic E-state index is 10.4. The molecule has 0 bridgehead atoms. The molecule has 0 atom stereocenters. The largest absolute Gasteiger partial charge is 1.00 e. The maximum Gasteiger partial charge on any atom is 1.00 e. The van der Waals surface area contributed by atoms with Crippen molar-refractivity contribution >= 4 is 50.5 Å². The summed E-state index contributed by atoms with van der Waals surface area (Å²) in [5.41, 5.74) is 0. The van der Waals surface area contributed by atoms with Crippen LogP contribution in [0.5, 0.6) is 0 Å². The van der Waals surface area contributed by atoms with E-state index in [1.54, 1.807) is 0 Å². The monoisotopic (exact) mass is 448 g/mol. The van der Waals surface area contributed by atoms with E-state index in [1.165, 1.54) is 0 Å². The summed E-state index contributed by atoms with van der Waals surface area (Å²) in [5, 5.41) is 0. The standard InChI is InChI=1S/2C6H10BO6.3Na.H/c2*1-4(8)11-7(12-5(2)9)13-6(3)10;;;;/h2*7H,1-3H3;;;;/q2*-1;3*+1;-1. The van der Waals surface area contributed by atoms with Crippen molar-refractivity contribution in [3.8, 4) is 0 Å². The van der Waals surface area contributed by atoms with E-state index in [2.05, 4.69) is 27.9 Å². The molecule has 0 radical (unpaired) electrons. The zero-order valence-electron chi connectivity index (χ0n) is 19.3. The van der Waals surface area contributed by atoms with Crippen LogP contribution in [-0.2, 0) is 56.7 Å². The van der Waals surface area contributed by atoms with Crippen LogP contribution >= 0.6 is 0 Å². The zero-order valence-corrected chi connectivity index (χ0v) is 24.3. The van der Waals surface area contributed by atoms with Gasteiger partial charge in [-0.2, -0.15) is 0 Å². The van der Waals surface area contributed by atoms with Crippen molar-refractivity contribution < 1.29 is 147 Å². The van der Waals surface area contributed by atoms with E-state index in [0.717, 1.165) is 41.5 Å². The van der Waals surface area contributed by atoms with Gasteiger partial charge in [0, 0.05) is 41.5 Å². The third-order valence-electron chi connectivity index (χ3n) is 1.93. The first kappa shape index (κ1) is 39.4. The van der Waals surface area contributed by atoms with Gasteiger partial charge in [-0.15, -0.1) is 0 Å². The zero-order chi connectivity index (χ0) is 20.9. The van der Waals surface area contributed by atoms with E-state index in [1.807, 2.05) is 0 Å². The molecule has 0 amide bonds. The third-order valence-corrected chi connectivity index (χ3v) is 1.93. The molecule has 0 aromatic carbocycles. The van der Waals surface area contributed by atoms with Gasteiger partial charge in [0.15, 0.2) is 0 Å². The Balaban J connectivity index is -0.0000000847. The molecule has 0 unspecified atom stereocenters. The Labute approximate surface area is 236 Å². The van der Waals surface area contributed by atoms with Crippen LogP contribution in [-0.4, -0.2) is 50.5 Å². The number of carbonyl (C=O) groups is 6. The van der Waals surface area contributed by atoms with Gasteiger partial charge in [-0.3, -0.25) is 28.8 Å². The second kappa shape index (κ2) is 22.6. The Morgan fingerprint density at radius 2 is 0.517 bits per heavy atom. The van der Waals surface area contributed by atoms with Gasteiger partial charge in [-0.05, 0) is 0 Å². The molecule has 0 aliphatic heterocycles. The van der Waals surface area contributed by atoms with Gasteiger partial charge >= 0.3 is 103 Å². The van der Waals surface area contributed by atoms with E-state index in [4.69, 9.17) is 0 Å². The fraction of sp³-hybridized carbons (Fsp3) is 0.500. The third kappa shape index (κ3) is 32.8. The molecule has 0 aromatic rings. The van der Waals surface area contributed by atoms with Crippen LogP contribution in [0.1, 0.15) is 43.0 Å². The molecule has 0 spiro atoms. The molecule has 150 valence electrons. The number of carbonyl (C=O) groups excluding carboxylic acids is 6. The van der Waals surface area contributed by atoms with Gasteiger partial charge in [-0.1, -0.05) is 0 Å². The molecular formula is C12H21B2Na3O12. The minimum atomic E-state index is -2.41. The first-order valence-electron chi connectivity index (χ1n) is 7.18. The van der Waals surface area contributed by atoms with Crippen molar-refractivity contribution in [3.63, 3.8) is 0 Å². The molecule has 0 fully saturated rings. The predicted octanol–water partition coefficient (Wildman–Crippen LogP) is -10.1. The van der Waals surface area contributed by atoms with Crippen LogP contribution in [0.25, 0.3) is 0 Å². The van der Waals surface area contributed by atoms with Crippen molar-refractivity contribution in [3.05, 3.63) is 0 Å². The molecule has 0 rings (SSSR count). The molecule has 0 aromatic heterocycles. The minimum Gasteiger partial charge on any atom is -1.00 e. The van der Waals surface area contributed by atoms with Gasteiger partial charge in [0.05, 0.1) is 0 Å². The molecule has 17 heteroatoms. The Morgan fingerprint density at radius 3 is 0.586 bits per heavy atom. The summed E-state index contributed by atoms with van der Waals surface area (Å²) in [7, 11) is -4.82. The average molecular weight is 448 g/mol. The van der Waals surface area contributed by atoms with E-state index < -0.39 is 50.5 Å². The van der Waals surface area contributed by atoms with E-state index in [9.17, 15) is 28.8 Å². The van der Waals surface area contributed by atoms with Crippen molar-refractivity contribution in [2.45, 2.75) is 41.5 Å². The Bertz CT molecular complexity index is 442. The molecule has 0 aliphatic carbocycles. The summed E-state index contributed by atoms with van der Waals surface area (Å²) in [4.78, 5) is 62.6. The van der Waals surface area contributed by atoms with Gasteiger partial charge < -0.3 is 29.4 Å². The van der Waals surface area contributed by atoms with Crippen LogP contribution in [0.2, 0.25) is 0 Å². The van der Waals surface area contributed by atoms with Crippen molar-refractivity contribution in [2.75, 3.05) is 0 Å². The summed E-state index contributed by atoms with van der Waals surface area (Å²) in [6.45, 7) is 6.71. The summed E-state index contributed by atoms with van der Waals surface area (Å²) < 4.78 is 26.6. The molecule has 0 saturated heterocycles. The second-order valence-electron chi connectivity index (χ2n) is 4.52. The minimum absolute atomic E-state index is 0. The van der Waals surface area contributed by atoms with Crippen LogP contribution < -0.4 is 88.7 Å². The number of rotatable bonds is 6. The predicted molar refractivity (Wildman–Crippen MR) is 86.0 cm³/mol. The Morgan fingerprint density at radius 1 is 0.414 bits per heavy atom. The summed E-state index contributed by atoms with van der Waals surface area (Å²) >= 11 is 0. The molecule has 0 aliphatic rings. The molecule has 29 heavy (non-hydrogen) atoms. The van der Waals surface area contributed by atoms with Crippen molar-refractivity contribution in [1.29, 1.82) is 0 Å². The Kier molecular flexibility index (Phi) is 30.8. The molecule has 12 nitrogen and oxygen atoms in total. The maximum atomic E-state index is 10.4. The quantitative estimate of drug-likeness (QED) is 0.354. The molecule has 0 heterocycles. The summed E-state index contributed by atoms with van der Waals surface area (Å²) in [5.74, 6) is -4.07. The molecule has 0 N–H and O–H groups in total. The fourth-order valence-electron chi connectivity index (χ4n) is 1.17. The van der Waals surface area contributed by atoms with Gasteiger partial charge in [-0.25, -0.2) is 0 Å². The SMILES string of the molecule is CC(=O)O[BH-](OC(C)=O)OC(C)=O.CC(=O)O[BH-](OC(C)=O)OC(C)=O.[H-].[Na+].[Na+].[Na+]. The van der Waals surface area contributed by atoms with E-state index in [-0.39, 0.29) is 90.1 Å². The normalized spacial score (nSPS) is 8.28. The van der Waals surface area contributed by atoms with E-state index in [0.29, 0.717) is 0 Å². The van der Waals surface area contributed by atoms with Gasteiger partial charge in [0.2, 0.25) is 0 Å². The first-order chi connectivity index (χ1) is 11.8. The van der Waals surface area contributed by atoms with Crippen LogP contribution in [0.4, 0.5) is 0 Å². The van der Waals surface area contributed by atoms with Gasteiger partial charge in [0.25, 0.3) is 35.8 Å². The van der Waals surface area contributed by atoms with Crippen LogP contribution in [0.3, 0.4) is 0 Å². The van der Waals surface area contributed by atoms with Crippen LogP contribution in [0.15, 0.2) is 0 Å². The average Bonchev–Trinajstić information content (AvgIpc) is 2.33. The topological polar surface area (TPSA) is 158 Å². The van der Waals surface area contributed by atoms with Crippen molar-refractivity contribution in [1.82, 2.24) is 0 Å². The molecule has 0 saturated carbocycles.